The average Bonchev–Trinajstić information content (AvgIpc) is 3.20. The van der Waals surface area contributed by atoms with E-state index in [0.29, 0.717) is 5.75 Å². The van der Waals surface area contributed by atoms with Crippen LogP contribution in [-0.4, -0.2) is 28.0 Å². The highest BCUT2D eigenvalue weighted by molar-refractivity contribution is 5.89. The molecule has 0 saturated heterocycles. The number of hydrogen-bond acceptors (Lipinski definition) is 6. The molecular weight excluding hydrogens is 300 g/mol. The molecule has 8 nitrogen and oxygen atoms in total. The Kier molecular flexibility index (Phi) is 4.22. The van der Waals surface area contributed by atoms with Crippen LogP contribution in [0.25, 0.3) is 0 Å². The zero-order chi connectivity index (χ0) is 16.2. The summed E-state index contributed by atoms with van der Waals surface area (Å²) < 4.78 is 10.4. The Labute approximate surface area is 132 Å². The van der Waals surface area contributed by atoms with Crippen molar-refractivity contribution in [3.8, 4) is 5.75 Å². The first-order valence-electron chi connectivity index (χ1n) is 7.23. The van der Waals surface area contributed by atoms with E-state index < -0.39 is 0 Å². The van der Waals surface area contributed by atoms with Gasteiger partial charge in [-0.2, -0.15) is 4.98 Å². The molecule has 1 fully saturated rings. The lowest BCUT2D eigenvalue weighted by molar-refractivity contribution is -0.117. The summed E-state index contributed by atoms with van der Waals surface area (Å²) in [6.45, 7) is 0.0787. The molecule has 8 heteroatoms. The maximum atomic E-state index is 11.7. The van der Waals surface area contributed by atoms with Gasteiger partial charge in [-0.25, -0.2) is 0 Å². The molecule has 0 atom stereocenters. The van der Waals surface area contributed by atoms with Crippen molar-refractivity contribution in [2.75, 3.05) is 0 Å². The molecule has 0 unspecified atom stereocenters. The molecule has 1 saturated carbocycles. The maximum absolute atomic E-state index is 11.7. The predicted molar refractivity (Wildman–Crippen MR) is 78.5 cm³/mol. The van der Waals surface area contributed by atoms with Crippen LogP contribution in [0.2, 0.25) is 0 Å². The lowest BCUT2D eigenvalue weighted by Crippen LogP contribution is -2.25. The fraction of sp³-hybridized carbons (Fsp3) is 0.333. The van der Waals surface area contributed by atoms with Crippen LogP contribution in [0.5, 0.6) is 5.75 Å². The Bertz CT molecular complexity index is 707. The normalized spacial score (nSPS) is 13.6. The minimum atomic E-state index is -0.387. The molecule has 120 valence electrons. The predicted octanol–water partition coefficient (Wildman–Crippen LogP) is 0.569. The maximum Gasteiger partial charge on any atom is 0.316 e. The molecule has 1 heterocycles. The number of amides is 2. The van der Waals surface area contributed by atoms with Gasteiger partial charge in [-0.1, -0.05) is 17.3 Å². The first kappa shape index (κ1) is 15.0. The SMILES string of the molecule is NC(=O)Cc1ccc(OCc2noc(C(=O)NC3CC3)n2)cc1. The standard InChI is InChI=1S/C15H16N4O4/c16-12(20)7-9-1-5-11(6-2-9)22-8-13-18-15(23-19-13)14(21)17-10-3-4-10/h1-2,5-6,10H,3-4,7-8H2,(H2,16,20)(H,17,21). The summed E-state index contributed by atoms with van der Waals surface area (Å²) in [6.07, 6.45) is 2.16. The van der Waals surface area contributed by atoms with Crippen LogP contribution in [0.3, 0.4) is 0 Å². The first-order valence-corrected chi connectivity index (χ1v) is 7.23. The van der Waals surface area contributed by atoms with Gasteiger partial charge in [0.1, 0.15) is 5.75 Å². The summed E-state index contributed by atoms with van der Waals surface area (Å²) in [7, 11) is 0. The molecule has 1 aromatic heterocycles. The molecule has 2 aromatic rings. The summed E-state index contributed by atoms with van der Waals surface area (Å²) in [6, 6.07) is 7.18. The summed E-state index contributed by atoms with van der Waals surface area (Å²) in [5, 5.41) is 6.47. The topological polar surface area (TPSA) is 120 Å². The lowest BCUT2D eigenvalue weighted by atomic mass is 10.1. The van der Waals surface area contributed by atoms with E-state index in [0.717, 1.165) is 18.4 Å². The number of hydrogen-bond donors (Lipinski definition) is 2. The van der Waals surface area contributed by atoms with E-state index in [-0.39, 0.29) is 42.6 Å². The summed E-state index contributed by atoms with van der Waals surface area (Å²) in [5.74, 6) is 0.0657. The average molecular weight is 316 g/mol. The van der Waals surface area contributed by atoms with E-state index in [1.54, 1.807) is 24.3 Å². The number of carbonyl (C=O) groups is 2. The zero-order valence-electron chi connectivity index (χ0n) is 12.3. The number of carbonyl (C=O) groups excluding carboxylic acids is 2. The van der Waals surface area contributed by atoms with Crippen molar-refractivity contribution >= 4 is 11.8 Å². The van der Waals surface area contributed by atoms with Crippen LogP contribution in [0.15, 0.2) is 28.8 Å². The van der Waals surface area contributed by atoms with Crippen molar-refractivity contribution < 1.29 is 18.8 Å². The second-order valence-corrected chi connectivity index (χ2v) is 5.34. The number of primary amides is 1. The van der Waals surface area contributed by atoms with Gasteiger partial charge in [-0.15, -0.1) is 0 Å². The van der Waals surface area contributed by atoms with Gasteiger partial charge in [0.15, 0.2) is 6.61 Å². The van der Waals surface area contributed by atoms with E-state index >= 15 is 0 Å². The van der Waals surface area contributed by atoms with Crippen molar-refractivity contribution in [3.63, 3.8) is 0 Å². The van der Waals surface area contributed by atoms with Gasteiger partial charge in [0.25, 0.3) is 0 Å². The van der Waals surface area contributed by atoms with Crippen molar-refractivity contribution in [2.45, 2.75) is 31.9 Å². The highest BCUT2D eigenvalue weighted by Gasteiger charge is 2.26. The van der Waals surface area contributed by atoms with Crippen LogP contribution in [0, 0.1) is 0 Å². The zero-order valence-corrected chi connectivity index (χ0v) is 12.3. The van der Waals surface area contributed by atoms with Gasteiger partial charge in [0.2, 0.25) is 11.7 Å². The molecule has 0 radical (unpaired) electrons. The van der Waals surface area contributed by atoms with Gasteiger partial charge in [0, 0.05) is 6.04 Å². The third-order valence-electron chi connectivity index (χ3n) is 3.24. The van der Waals surface area contributed by atoms with Gasteiger partial charge < -0.3 is 20.3 Å². The van der Waals surface area contributed by atoms with E-state index in [1.807, 2.05) is 0 Å². The molecule has 23 heavy (non-hydrogen) atoms. The highest BCUT2D eigenvalue weighted by atomic mass is 16.5. The number of benzene rings is 1. The fourth-order valence-corrected chi connectivity index (χ4v) is 1.93. The van der Waals surface area contributed by atoms with Gasteiger partial charge in [-0.05, 0) is 30.5 Å². The smallest absolute Gasteiger partial charge is 0.316 e. The summed E-state index contributed by atoms with van der Waals surface area (Å²) >= 11 is 0. The number of nitrogens with zero attached hydrogens (tertiary/aromatic N) is 2. The van der Waals surface area contributed by atoms with E-state index in [9.17, 15) is 9.59 Å². The van der Waals surface area contributed by atoms with Crippen LogP contribution >= 0.6 is 0 Å². The summed E-state index contributed by atoms with van der Waals surface area (Å²) in [4.78, 5) is 26.5. The van der Waals surface area contributed by atoms with E-state index in [2.05, 4.69) is 15.5 Å². The van der Waals surface area contributed by atoms with Crippen LogP contribution in [0.1, 0.15) is 34.9 Å². The van der Waals surface area contributed by atoms with Crippen molar-refractivity contribution in [2.24, 2.45) is 5.73 Å². The molecule has 1 aromatic carbocycles. The molecule has 0 aliphatic heterocycles. The monoisotopic (exact) mass is 316 g/mol. The third-order valence-corrected chi connectivity index (χ3v) is 3.24. The summed E-state index contributed by atoms with van der Waals surface area (Å²) in [5.41, 5.74) is 5.94. The van der Waals surface area contributed by atoms with E-state index in [1.165, 1.54) is 0 Å². The number of nitrogens with one attached hydrogen (secondary N) is 1. The van der Waals surface area contributed by atoms with E-state index in [4.69, 9.17) is 15.0 Å². The third kappa shape index (κ3) is 4.29. The van der Waals surface area contributed by atoms with Gasteiger partial charge in [0.05, 0.1) is 6.42 Å². The Morgan fingerprint density at radius 1 is 1.30 bits per heavy atom. The Hall–Kier alpha value is -2.90. The van der Waals surface area contributed by atoms with Gasteiger partial charge in [-0.3, -0.25) is 9.59 Å². The fourth-order valence-electron chi connectivity index (χ4n) is 1.93. The van der Waals surface area contributed by atoms with Crippen molar-refractivity contribution in [3.05, 3.63) is 41.5 Å². The molecule has 0 spiro atoms. The molecule has 0 bridgehead atoms. The number of ether oxygens (including phenoxy) is 1. The van der Waals surface area contributed by atoms with Crippen LogP contribution < -0.4 is 15.8 Å². The largest absolute Gasteiger partial charge is 0.485 e. The first-order chi connectivity index (χ1) is 11.1. The number of nitrogens with two attached hydrogens (primary N) is 1. The lowest BCUT2D eigenvalue weighted by Gasteiger charge is -2.04. The molecule has 3 rings (SSSR count). The Balaban J connectivity index is 1.52. The van der Waals surface area contributed by atoms with Crippen molar-refractivity contribution in [1.82, 2.24) is 15.5 Å². The minimum Gasteiger partial charge on any atom is -0.485 e. The molecule has 1 aliphatic rings. The van der Waals surface area contributed by atoms with Crippen LogP contribution in [0.4, 0.5) is 0 Å². The van der Waals surface area contributed by atoms with Crippen molar-refractivity contribution in [1.29, 1.82) is 0 Å². The molecule has 3 N–H and O–H groups in total. The molecule has 2 amide bonds. The minimum absolute atomic E-state index is 0.0627. The number of aromatic nitrogens is 2. The second kappa shape index (κ2) is 6.47. The quantitative estimate of drug-likeness (QED) is 0.770. The molecule has 1 aliphatic carbocycles. The second-order valence-electron chi connectivity index (χ2n) is 5.34. The number of rotatable bonds is 7. The Morgan fingerprint density at radius 3 is 2.70 bits per heavy atom. The van der Waals surface area contributed by atoms with Crippen LogP contribution in [-0.2, 0) is 17.8 Å². The molecular formula is C15H16N4O4. The Morgan fingerprint density at radius 2 is 2.04 bits per heavy atom. The highest BCUT2D eigenvalue weighted by Crippen LogP contribution is 2.19. The van der Waals surface area contributed by atoms with Gasteiger partial charge >= 0.3 is 11.8 Å².